The van der Waals surface area contributed by atoms with Crippen molar-refractivity contribution >= 4 is 11.9 Å². The van der Waals surface area contributed by atoms with Crippen molar-refractivity contribution in [2.75, 3.05) is 6.54 Å². The summed E-state index contributed by atoms with van der Waals surface area (Å²) in [5.41, 5.74) is 2.12. The summed E-state index contributed by atoms with van der Waals surface area (Å²) >= 11 is 0. The highest BCUT2D eigenvalue weighted by molar-refractivity contribution is 5.93. The van der Waals surface area contributed by atoms with Gasteiger partial charge < -0.3 is 14.4 Å². The zero-order valence-electron chi connectivity index (χ0n) is 11.4. The lowest BCUT2D eigenvalue weighted by molar-refractivity contribution is -0.139. The number of oxazole rings is 1. The molecule has 0 saturated carbocycles. The first kappa shape index (κ1) is 13.4. The second-order valence-corrected chi connectivity index (χ2v) is 5.04. The smallest absolute Gasteiger partial charge is 0.312 e. The molecule has 1 aliphatic rings. The third-order valence-electron chi connectivity index (χ3n) is 3.72. The van der Waals surface area contributed by atoms with Gasteiger partial charge in [0, 0.05) is 13.1 Å². The molecular formula is C15H14N2O4. The minimum absolute atomic E-state index is 0.130. The van der Waals surface area contributed by atoms with Gasteiger partial charge in [-0.2, -0.15) is 0 Å². The number of aliphatic carboxylic acids is 1. The van der Waals surface area contributed by atoms with E-state index < -0.39 is 11.9 Å². The van der Waals surface area contributed by atoms with Gasteiger partial charge in [-0.25, -0.2) is 4.98 Å². The van der Waals surface area contributed by atoms with Crippen LogP contribution in [0.1, 0.15) is 33.3 Å². The molecule has 2 aromatic rings. The number of carboxylic acids is 1. The van der Waals surface area contributed by atoms with Crippen LogP contribution in [0.5, 0.6) is 0 Å². The highest BCUT2D eigenvalue weighted by Crippen LogP contribution is 2.29. The quantitative estimate of drug-likeness (QED) is 0.910. The monoisotopic (exact) mass is 286 g/mol. The predicted molar refractivity (Wildman–Crippen MR) is 72.8 cm³/mol. The topological polar surface area (TPSA) is 83.6 Å². The Morgan fingerprint density at radius 2 is 2.14 bits per heavy atom. The Kier molecular flexibility index (Phi) is 3.21. The number of carbonyl (C=O) groups is 2. The Bertz CT molecular complexity index is 707. The van der Waals surface area contributed by atoms with Gasteiger partial charge >= 0.3 is 5.97 Å². The van der Waals surface area contributed by atoms with E-state index in [4.69, 9.17) is 4.42 Å². The van der Waals surface area contributed by atoms with Gasteiger partial charge in [-0.05, 0) is 18.1 Å². The predicted octanol–water partition coefficient (Wildman–Crippen LogP) is 1.81. The molecule has 1 amide bonds. The van der Waals surface area contributed by atoms with Gasteiger partial charge in [0.05, 0.1) is 11.6 Å². The molecule has 1 N–H and O–H groups in total. The minimum Gasteiger partial charge on any atom is -0.481 e. The molecule has 1 aliphatic heterocycles. The number of rotatable bonds is 2. The first-order valence-electron chi connectivity index (χ1n) is 6.58. The van der Waals surface area contributed by atoms with Crippen LogP contribution >= 0.6 is 0 Å². The number of hydrogen-bond donors (Lipinski definition) is 1. The molecule has 0 saturated heterocycles. The number of aryl methyl sites for hydroxylation is 1. The maximum absolute atomic E-state index is 12.5. The maximum Gasteiger partial charge on any atom is 0.312 e. The molecule has 0 radical (unpaired) electrons. The Balaban J connectivity index is 1.95. The number of amides is 1. The zero-order valence-corrected chi connectivity index (χ0v) is 11.4. The van der Waals surface area contributed by atoms with Crippen molar-refractivity contribution in [1.29, 1.82) is 0 Å². The fraction of sp³-hybridized carbons (Fsp3) is 0.267. The molecular weight excluding hydrogens is 272 g/mol. The average Bonchev–Trinajstić information content (AvgIpc) is 2.91. The number of aromatic nitrogens is 1. The zero-order chi connectivity index (χ0) is 15.0. The van der Waals surface area contributed by atoms with Crippen molar-refractivity contribution in [2.45, 2.75) is 19.4 Å². The summed E-state index contributed by atoms with van der Waals surface area (Å²) < 4.78 is 5.11. The summed E-state index contributed by atoms with van der Waals surface area (Å²) in [5.74, 6) is -1.82. The van der Waals surface area contributed by atoms with Crippen molar-refractivity contribution in [2.24, 2.45) is 0 Å². The largest absolute Gasteiger partial charge is 0.481 e. The lowest BCUT2D eigenvalue weighted by Crippen LogP contribution is -2.40. The lowest BCUT2D eigenvalue weighted by Gasteiger charge is -2.32. The molecule has 0 spiro atoms. The van der Waals surface area contributed by atoms with Gasteiger partial charge in [0.1, 0.15) is 0 Å². The average molecular weight is 286 g/mol. The second kappa shape index (κ2) is 5.05. The molecule has 2 heterocycles. The molecule has 0 bridgehead atoms. The SMILES string of the molecule is Cc1ncoc1C(=O)N1Cc2ccccc2C(C(=O)O)C1. The molecule has 3 rings (SSSR count). The number of hydrogen-bond acceptors (Lipinski definition) is 4. The summed E-state index contributed by atoms with van der Waals surface area (Å²) in [7, 11) is 0. The molecule has 0 aliphatic carbocycles. The van der Waals surface area contributed by atoms with Gasteiger partial charge in [-0.15, -0.1) is 0 Å². The van der Waals surface area contributed by atoms with Gasteiger partial charge in [0.2, 0.25) is 5.76 Å². The van der Waals surface area contributed by atoms with Crippen LogP contribution < -0.4 is 0 Å². The third-order valence-corrected chi connectivity index (χ3v) is 3.72. The van der Waals surface area contributed by atoms with E-state index in [9.17, 15) is 14.7 Å². The fourth-order valence-corrected chi connectivity index (χ4v) is 2.62. The standard InChI is InChI=1S/C15H14N2O4/c1-9-13(21-8-16-9)14(18)17-6-10-4-2-3-5-11(10)12(7-17)15(19)20/h2-5,8,12H,6-7H2,1H3,(H,19,20). The van der Waals surface area contributed by atoms with Crippen molar-refractivity contribution in [3.05, 3.63) is 53.2 Å². The van der Waals surface area contributed by atoms with E-state index in [2.05, 4.69) is 4.98 Å². The Labute approximate surface area is 121 Å². The summed E-state index contributed by atoms with van der Waals surface area (Å²) in [5, 5.41) is 9.40. The lowest BCUT2D eigenvalue weighted by atomic mass is 9.89. The van der Waals surface area contributed by atoms with Crippen LogP contribution in [-0.2, 0) is 11.3 Å². The van der Waals surface area contributed by atoms with E-state index in [0.29, 0.717) is 12.2 Å². The molecule has 1 unspecified atom stereocenters. The van der Waals surface area contributed by atoms with Crippen molar-refractivity contribution in [3.63, 3.8) is 0 Å². The van der Waals surface area contributed by atoms with E-state index >= 15 is 0 Å². The number of carbonyl (C=O) groups excluding carboxylic acids is 1. The normalized spacial score (nSPS) is 17.4. The van der Waals surface area contributed by atoms with Crippen LogP contribution in [0, 0.1) is 6.92 Å². The second-order valence-electron chi connectivity index (χ2n) is 5.04. The summed E-state index contributed by atoms with van der Waals surface area (Å²) in [6.07, 6.45) is 1.22. The number of carboxylic acid groups (broad SMARTS) is 1. The molecule has 1 aromatic carbocycles. The fourth-order valence-electron chi connectivity index (χ4n) is 2.62. The Morgan fingerprint density at radius 1 is 1.38 bits per heavy atom. The minimum atomic E-state index is -0.936. The summed E-state index contributed by atoms with van der Waals surface area (Å²) in [6, 6.07) is 7.30. The molecule has 0 fully saturated rings. The van der Waals surface area contributed by atoms with Gasteiger partial charge in [-0.1, -0.05) is 24.3 Å². The van der Waals surface area contributed by atoms with Crippen molar-refractivity contribution in [1.82, 2.24) is 9.88 Å². The van der Waals surface area contributed by atoms with Crippen LogP contribution in [-0.4, -0.2) is 33.4 Å². The van der Waals surface area contributed by atoms with Crippen LogP contribution in [0.2, 0.25) is 0 Å². The molecule has 1 atom stereocenters. The highest BCUT2D eigenvalue weighted by atomic mass is 16.4. The van der Waals surface area contributed by atoms with Crippen molar-refractivity contribution in [3.8, 4) is 0 Å². The van der Waals surface area contributed by atoms with Crippen LogP contribution in [0.4, 0.5) is 0 Å². The summed E-state index contributed by atoms with van der Waals surface area (Å²) in [6.45, 7) is 2.19. The first-order valence-corrected chi connectivity index (χ1v) is 6.58. The van der Waals surface area contributed by atoms with Gasteiger partial charge in [0.25, 0.3) is 5.91 Å². The van der Waals surface area contributed by atoms with Gasteiger partial charge in [0.15, 0.2) is 6.39 Å². The number of benzene rings is 1. The van der Waals surface area contributed by atoms with E-state index in [0.717, 1.165) is 11.1 Å². The highest BCUT2D eigenvalue weighted by Gasteiger charge is 2.34. The van der Waals surface area contributed by atoms with Crippen LogP contribution in [0.15, 0.2) is 35.1 Å². The molecule has 6 heteroatoms. The molecule has 6 nitrogen and oxygen atoms in total. The number of nitrogens with zero attached hydrogens (tertiary/aromatic N) is 2. The van der Waals surface area contributed by atoms with Gasteiger partial charge in [-0.3, -0.25) is 9.59 Å². The maximum atomic E-state index is 12.5. The van der Waals surface area contributed by atoms with E-state index in [1.807, 2.05) is 18.2 Å². The summed E-state index contributed by atoms with van der Waals surface area (Å²) in [4.78, 5) is 29.3. The van der Waals surface area contributed by atoms with E-state index in [-0.39, 0.29) is 18.2 Å². The molecule has 108 valence electrons. The first-order chi connectivity index (χ1) is 10.1. The Hall–Kier alpha value is -2.63. The van der Waals surface area contributed by atoms with E-state index in [1.165, 1.54) is 11.3 Å². The van der Waals surface area contributed by atoms with Crippen molar-refractivity contribution < 1.29 is 19.1 Å². The Morgan fingerprint density at radius 3 is 2.81 bits per heavy atom. The van der Waals surface area contributed by atoms with Crippen LogP contribution in [0.25, 0.3) is 0 Å². The number of fused-ring (bicyclic) bond motifs is 1. The van der Waals surface area contributed by atoms with Crippen LogP contribution in [0.3, 0.4) is 0 Å². The third kappa shape index (κ3) is 2.29. The molecule has 1 aromatic heterocycles. The van der Waals surface area contributed by atoms with E-state index in [1.54, 1.807) is 13.0 Å². The molecule has 21 heavy (non-hydrogen) atoms.